The van der Waals surface area contributed by atoms with Crippen LogP contribution in [0.1, 0.15) is 0 Å². The molecule has 0 bridgehead atoms. The first-order chi connectivity index (χ1) is 6.66. The van der Waals surface area contributed by atoms with Gasteiger partial charge in [0, 0.05) is 18.5 Å². The number of rotatable bonds is 1. The number of nitrogen functional groups attached to an aromatic ring is 1. The third-order valence-electron chi connectivity index (χ3n) is 1.79. The van der Waals surface area contributed by atoms with Crippen LogP contribution in [0, 0.1) is 11.6 Å². The molecule has 0 saturated carbocycles. The molecular formula is C9H7F2N3. The van der Waals surface area contributed by atoms with Crippen molar-refractivity contribution >= 4 is 5.95 Å². The second-order valence-electron chi connectivity index (χ2n) is 2.78. The van der Waals surface area contributed by atoms with Gasteiger partial charge >= 0.3 is 0 Å². The van der Waals surface area contributed by atoms with Crippen molar-refractivity contribution in [1.29, 1.82) is 0 Å². The van der Waals surface area contributed by atoms with Gasteiger partial charge in [0.05, 0.1) is 5.69 Å². The van der Waals surface area contributed by atoms with E-state index in [-0.39, 0.29) is 5.95 Å². The Bertz CT molecular complexity index is 445. The van der Waals surface area contributed by atoms with Crippen LogP contribution in [0.15, 0.2) is 30.6 Å². The molecule has 14 heavy (non-hydrogen) atoms. The van der Waals surface area contributed by atoms with E-state index in [1.165, 1.54) is 29.1 Å². The second kappa shape index (κ2) is 3.10. The van der Waals surface area contributed by atoms with Crippen molar-refractivity contribution in [3.63, 3.8) is 0 Å². The van der Waals surface area contributed by atoms with Gasteiger partial charge in [0.2, 0.25) is 5.95 Å². The van der Waals surface area contributed by atoms with Gasteiger partial charge in [0.1, 0.15) is 11.6 Å². The Morgan fingerprint density at radius 2 is 1.79 bits per heavy atom. The Hall–Kier alpha value is -1.91. The molecule has 0 unspecified atom stereocenters. The summed E-state index contributed by atoms with van der Waals surface area (Å²) < 4.78 is 27.1. The van der Waals surface area contributed by atoms with E-state index in [4.69, 9.17) is 5.73 Å². The van der Waals surface area contributed by atoms with E-state index in [9.17, 15) is 8.78 Å². The molecular weight excluding hydrogens is 188 g/mol. The molecule has 72 valence electrons. The fraction of sp³-hybridized carbons (Fsp3) is 0. The van der Waals surface area contributed by atoms with Gasteiger partial charge in [-0.05, 0) is 12.1 Å². The molecule has 2 N–H and O–H groups in total. The van der Waals surface area contributed by atoms with Gasteiger partial charge in [-0.1, -0.05) is 0 Å². The highest BCUT2D eigenvalue weighted by atomic mass is 19.1. The van der Waals surface area contributed by atoms with Crippen molar-refractivity contribution in [2.75, 3.05) is 5.73 Å². The minimum Gasteiger partial charge on any atom is -0.369 e. The van der Waals surface area contributed by atoms with Crippen LogP contribution >= 0.6 is 0 Å². The number of hydrogen-bond donors (Lipinski definition) is 1. The fourth-order valence-corrected chi connectivity index (χ4v) is 1.21. The maximum absolute atomic E-state index is 12.8. The lowest BCUT2D eigenvalue weighted by atomic mass is 10.3. The number of halogens is 2. The van der Waals surface area contributed by atoms with Crippen LogP contribution in [0.5, 0.6) is 0 Å². The summed E-state index contributed by atoms with van der Waals surface area (Å²) in [5.74, 6) is -1.10. The standard InChI is InChI=1S/C9H7F2N3/c10-6-3-7(11)5-8(4-6)14-2-1-13-9(14)12/h1-5H,(H2,12,13). The number of nitrogens with two attached hydrogens (primary N) is 1. The summed E-state index contributed by atoms with van der Waals surface area (Å²) in [6, 6.07) is 3.17. The molecule has 0 radical (unpaired) electrons. The lowest BCUT2D eigenvalue weighted by Gasteiger charge is -2.04. The normalized spacial score (nSPS) is 10.4. The largest absolute Gasteiger partial charge is 0.369 e. The molecule has 0 aliphatic rings. The summed E-state index contributed by atoms with van der Waals surface area (Å²) in [6.07, 6.45) is 2.99. The molecule has 0 spiro atoms. The monoisotopic (exact) mass is 195 g/mol. The maximum Gasteiger partial charge on any atom is 0.204 e. The first-order valence-corrected chi connectivity index (χ1v) is 3.92. The van der Waals surface area contributed by atoms with Crippen molar-refractivity contribution in [1.82, 2.24) is 9.55 Å². The summed E-state index contributed by atoms with van der Waals surface area (Å²) >= 11 is 0. The van der Waals surface area contributed by atoms with E-state index < -0.39 is 11.6 Å². The van der Waals surface area contributed by atoms with Crippen LogP contribution in [-0.4, -0.2) is 9.55 Å². The van der Waals surface area contributed by atoms with Crippen molar-refractivity contribution in [2.24, 2.45) is 0 Å². The first kappa shape index (κ1) is 8.68. The van der Waals surface area contributed by atoms with Crippen molar-refractivity contribution in [3.8, 4) is 5.69 Å². The van der Waals surface area contributed by atoms with Gasteiger partial charge in [-0.2, -0.15) is 0 Å². The van der Waals surface area contributed by atoms with Crippen molar-refractivity contribution in [3.05, 3.63) is 42.2 Å². The Labute approximate surface area is 78.8 Å². The molecule has 1 aromatic carbocycles. The molecule has 0 atom stereocenters. The smallest absolute Gasteiger partial charge is 0.204 e. The molecule has 1 aromatic heterocycles. The van der Waals surface area contributed by atoms with Gasteiger partial charge < -0.3 is 5.73 Å². The Morgan fingerprint density at radius 1 is 1.14 bits per heavy atom. The average molecular weight is 195 g/mol. The van der Waals surface area contributed by atoms with E-state index in [0.29, 0.717) is 5.69 Å². The number of nitrogens with zero attached hydrogens (tertiary/aromatic N) is 2. The number of imidazole rings is 1. The lowest BCUT2D eigenvalue weighted by Crippen LogP contribution is -2.00. The van der Waals surface area contributed by atoms with Crippen LogP contribution in [0.2, 0.25) is 0 Å². The molecule has 0 saturated heterocycles. The SMILES string of the molecule is Nc1nccn1-c1cc(F)cc(F)c1. The third kappa shape index (κ3) is 1.44. The molecule has 2 rings (SSSR count). The van der Waals surface area contributed by atoms with Gasteiger partial charge in [0.15, 0.2) is 0 Å². The number of hydrogen-bond acceptors (Lipinski definition) is 2. The average Bonchev–Trinajstić information content (AvgIpc) is 2.49. The second-order valence-corrected chi connectivity index (χ2v) is 2.78. The van der Waals surface area contributed by atoms with E-state index in [2.05, 4.69) is 4.98 Å². The van der Waals surface area contributed by atoms with Crippen molar-refractivity contribution < 1.29 is 8.78 Å². The predicted molar refractivity (Wildman–Crippen MR) is 47.9 cm³/mol. The molecule has 3 nitrogen and oxygen atoms in total. The molecule has 0 aliphatic carbocycles. The van der Waals surface area contributed by atoms with Gasteiger partial charge in [0.25, 0.3) is 0 Å². The minimum absolute atomic E-state index is 0.190. The van der Waals surface area contributed by atoms with Crippen LogP contribution in [-0.2, 0) is 0 Å². The highest BCUT2D eigenvalue weighted by Gasteiger charge is 2.04. The molecule has 0 amide bonds. The van der Waals surface area contributed by atoms with Gasteiger partial charge in [-0.25, -0.2) is 13.8 Å². The summed E-state index contributed by atoms with van der Waals surface area (Å²) in [5, 5.41) is 0. The van der Waals surface area contributed by atoms with Crippen LogP contribution in [0.25, 0.3) is 5.69 Å². The molecule has 2 aromatic rings. The zero-order valence-electron chi connectivity index (χ0n) is 7.11. The Kier molecular flexibility index (Phi) is 1.92. The molecule has 0 fully saturated rings. The topological polar surface area (TPSA) is 43.8 Å². The summed E-state index contributed by atoms with van der Waals surface area (Å²) in [5.41, 5.74) is 5.80. The lowest BCUT2D eigenvalue weighted by molar-refractivity contribution is 0.581. The van der Waals surface area contributed by atoms with Gasteiger partial charge in [-0.3, -0.25) is 4.57 Å². The molecule has 5 heteroatoms. The third-order valence-corrected chi connectivity index (χ3v) is 1.79. The zero-order chi connectivity index (χ0) is 10.1. The van der Waals surface area contributed by atoms with E-state index in [1.54, 1.807) is 0 Å². The fourth-order valence-electron chi connectivity index (χ4n) is 1.21. The van der Waals surface area contributed by atoms with Crippen LogP contribution in [0.3, 0.4) is 0 Å². The highest BCUT2D eigenvalue weighted by Crippen LogP contribution is 2.15. The zero-order valence-corrected chi connectivity index (χ0v) is 7.11. The van der Waals surface area contributed by atoms with E-state index in [1.807, 2.05) is 0 Å². The molecule has 0 aliphatic heterocycles. The Balaban J connectivity index is 2.57. The first-order valence-electron chi connectivity index (χ1n) is 3.92. The quantitative estimate of drug-likeness (QED) is 0.753. The summed E-state index contributed by atoms with van der Waals surface area (Å²) in [6.45, 7) is 0. The number of benzene rings is 1. The van der Waals surface area contributed by atoms with E-state index >= 15 is 0 Å². The highest BCUT2D eigenvalue weighted by molar-refractivity contribution is 5.39. The number of aromatic nitrogens is 2. The van der Waals surface area contributed by atoms with Crippen LogP contribution < -0.4 is 5.73 Å². The van der Waals surface area contributed by atoms with E-state index in [0.717, 1.165) is 6.07 Å². The maximum atomic E-state index is 12.8. The van der Waals surface area contributed by atoms with Gasteiger partial charge in [-0.15, -0.1) is 0 Å². The minimum atomic E-state index is -0.645. The van der Waals surface area contributed by atoms with Crippen LogP contribution in [0.4, 0.5) is 14.7 Å². The molecule has 1 heterocycles. The van der Waals surface area contributed by atoms with Crippen molar-refractivity contribution in [2.45, 2.75) is 0 Å². The number of anilines is 1. The summed E-state index contributed by atoms with van der Waals surface area (Å²) in [7, 11) is 0. The Morgan fingerprint density at radius 3 is 2.29 bits per heavy atom. The summed E-state index contributed by atoms with van der Waals surface area (Å²) in [4.78, 5) is 3.75. The predicted octanol–water partition coefficient (Wildman–Crippen LogP) is 1.73.